The molecular formula is C26H37N3O2. The second-order valence-electron chi connectivity index (χ2n) is 11.2. The Hall–Kier alpha value is -1.43. The first-order valence-electron chi connectivity index (χ1n) is 12.4. The molecule has 0 radical (unpaired) electrons. The number of fused-ring (bicyclic) bond motifs is 3. The minimum Gasteiger partial charge on any atom is -0.383 e. The van der Waals surface area contributed by atoms with Crippen LogP contribution in [0.1, 0.15) is 55.5 Å². The number of carbonyl (C=O) groups excluding carboxylic acids is 1. The first-order valence-corrected chi connectivity index (χ1v) is 12.4. The van der Waals surface area contributed by atoms with Gasteiger partial charge in [-0.2, -0.15) is 0 Å². The molecule has 31 heavy (non-hydrogen) atoms. The minimum absolute atomic E-state index is 0.103. The second kappa shape index (κ2) is 7.03. The number of hydrogen-bond acceptors (Lipinski definition) is 5. The van der Waals surface area contributed by atoms with Crippen LogP contribution in [-0.4, -0.2) is 74.1 Å². The molecule has 5 heteroatoms. The Bertz CT molecular complexity index is 891. The number of benzene rings is 1. The van der Waals surface area contributed by atoms with Gasteiger partial charge in [0.2, 0.25) is 0 Å². The van der Waals surface area contributed by atoms with Gasteiger partial charge < -0.3 is 15.0 Å². The van der Waals surface area contributed by atoms with Crippen molar-refractivity contribution in [2.75, 3.05) is 51.8 Å². The van der Waals surface area contributed by atoms with Crippen molar-refractivity contribution in [3.05, 3.63) is 29.3 Å². The summed E-state index contributed by atoms with van der Waals surface area (Å²) in [5, 5.41) is 3.80. The van der Waals surface area contributed by atoms with Crippen LogP contribution < -0.4 is 5.32 Å². The molecule has 5 nitrogen and oxygen atoms in total. The largest absolute Gasteiger partial charge is 0.383 e. The number of ketones is 1. The molecule has 2 aliphatic heterocycles. The summed E-state index contributed by atoms with van der Waals surface area (Å²) in [4.78, 5) is 18.7. The van der Waals surface area contributed by atoms with Crippen LogP contribution in [0.3, 0.4) is 0 Å². The fourth-order valence-electron chi connectivity index (χ4n) is 7.41. The van der Waals surface area contributed by atoms with E-state index in [-0.39, 0.29) is 16.9 Å². The number of nitrogens with zero attached hydrogens (tertiary/aromatic N) is 2. The highest BCUT2D eigenvalue weighted by atomic mass is 16.5. The van der Waals surface area contributed by atoms with Gasteiger partial charge in [0.25, 0.3) is 0 Å². The van der Waals surface area contributed by atoms with Crippen molar-refractivity contribution in [1.29, 1.82) is 0 Å². The summed E-state index contributed by atoms with van der Waals surface area (Å²) in [5.41, 5.74) is 3.78. The maximum absolute atomic E-state index is 13.6. The van der Waals surface area contributed by atoms with Gasteiger partial charge in [-0.1, -0.05) is 13.8 Å². The summed E-state index contributed by atoms with van der Waals surface area (Å²) in [5.74, 6) is 1.84. The molecule has 2 saturated carbocycles. The topological polar surface area (TPSA) is 44.8 Å². The van der Waals surface area contributed by atoms with Crippen LogP contribution in [-0.2, 0) is 10.2 Å². The molecule has 1 aromatic rings. The molecule has 6 rings (SSSR count). The molecule has 2 saturated heterocycles. The number of methoxy groups -OCH3 is 1. The zero-order valence-corrected chi connectivity index (χ0v) is 19.3. The summed E-state index contributed by atoms with van der Waals surface area (Å²) in [6, 6.07) is 7.23. The van der Waals surface area contributed by atoms with Crippen molar-refractivity contribution in [3.63, 3.8) is 0 Å². The SMILES string of the molecule is COCCN1CCC(Nc2ccc3c(c2)C2(C)C4CN(CC5CC5)C(C3=O)C42C)CC1. The summed E-state index contributed by atoms with van der Waals surface area (Å²) in [6.45, 7) is 11.2. The maximum atomic E-state index is 13.6. The highest BCUT2D eigenvalue weighted by Crippen LogP contribution is 2.77. The van der Waals surface area contributed by atoms with Crippen LogP contribution >= 0.6 is 0 Å². The number of anilines is 1. The van der Waals surface area contributed by atoms with Crippen LogP contribution in [0.2, 0.25) is 0 Å². The molecule has 168 valence electrons. The zero-order chi connectivity index (χ0) is 21.4. The average molecular weight is 424 g/mol. The number of rotatable bonds is 7. The number of hydrogen-bond donors (Lipinski definition) is 1. The highest BCUT2D eigenvalue weighted by Gasteiger charge is 2.82. The smallest absolute Gasteiger partial charge is 0.180 e. The van der Waals surface area contributed by atoms with E-state index >= 15 is 0 Å². The lowest BCUT2D eigenvalue weighted by molar-refractivity contribution is 0.0717. The van der Waals surface area contributed by atoms with Crippen LogP contribution in [0.25, 0.3) is 0 Å². The minimum atomic E-state index is 0.103. The van der Waals surface area contributed by atoms with E-state index in [1.807, 2.05) is 0 Å². The molecule has 0 spiro atoms. The number of Topliss-reactive ketones (excluding diaryl/α,β-unsaturated/α-hetero) is 1. The van der Waals surface area contributed by atoms with Gasteiger partial charge in [-0.3, -0.25) is 9.69 Å². The van der Waals surface area contributed by atoms with Gasteiger partial charge in [-0.25, -0.2) is 0 Å². The van der Waals surface area contributed by atoms with E-state index in [2.05, 4.69) is 47.2 Å². The van der Waals surface area contributed by atoms with E-state index < -0.39 is 0 Å². The van der Waals surface area contributed by atoms with Crippen LogP contribution in [0.5, 0.6) is 0 Å². The summed E-state index contributed by atoms with van der Waals surface area (Å²) in [7, 11) is 1.77. The number of likely N-dealkylation sites (tertiary alicyclic amines) is 2. The molecule has 0 bridgehead atoms. The van der Waals surface area contributed by atoms with Crippen molar-refractivity contribution in [2.24, 2.45) is 17.3 Å². The van der Waals surface area contributed by atoms with Crippen molar-refractivity contribution in [3.8, 4) is 0 Å². The van der Waals surface area contributed by atoms with Crippen molar-refractivity contribution >= 4 is 11.5 Å². The van der Waals surface area contributed by atoms with Crippen LogP contribution in [0.15, 0.2) is 18.2 Å². The van der Waals surface area contributed by atoms with Crippen molar-refractivity contribution in [1.82, 2.24) is 9.80 Å². The van der Waals surface area contributed by atoms with Gasteiger partial charge in [0.05, 0.1) is 12.6 Å². The molecule has 1 N–H and O–H groups in total. The Labute approximate surface area is 186 Å². The number of nitrogens with one attached hydrogen (secondary N) is 1. The number of piperidine rings is 2. The van der Waals surface area contributed by atoms with E-state index in [4.69, 9.17) is 4.74 Å². The molecular weight excluding hydrogens is 386 g/mol. The predicted molar refractivity (Wildman–Crippen MR) is 123 cm³/mol. The maximum Gasteiger partial charge on any atom is 0.180 e. The second-order valence-corrected chi connectivity index (χ2v) is 11.2. The lowest BCUT2D eigenvalue weighted by Crippen LogP contribution is -2.50. The van der Waals surface area contributed by atoms with E-state index in [0.717, 1.165) is 63.7 Å². The van der Waals surface area contributed by atoms with Crippen molar-refractivity contribution < 1.29 is 9.53 Å². The van der Waals surface area contributed by atoms with Crippen LogP contribution in [0.4, 0.5) is 5.69 Å². The molecule has 4 fully saturated rings. The Morgan fingerprint density at radius 1 is 1.16 bits per heavy atom. The normalized spacial score (nSPS) is 37.6. The summed E-state index contributed by atoms with van der Waals surface area (Å²) >= 11 is 0. The van der Waals surface area contributed by atoms with E-state index in [1.54, 1.807) is 7.11 Å². The third-order valence-corrected chi connectivity index (χ3v) is 9.66. The Balaban J connectivity index is 1.20. The molecule has 0 aromatic heterocycles. The van der Waals surface area contributed by atoms with Gasteiger partial charge >= 0.3 is 0 Å². The highest BCUT2D eigenvalue weighted by molar-refractivity contribution is 6.06. The summed E-state index contributed by atoms with van der Waals surface area (Å²) < 4.78 is 5.22. The number of ether oxygens (including phenoxy) is 1. The fraction of sp³-hybridized carbons (Fsp3) is 0.731. The predicted octanol–water partition coefficient (Wildman–Crippen LogP) is 3.39. The lowest BCUT2D eigenvalue weighted by Gasteiger charge is -2.40. The van der Waals surface area contributed by atoms with Gasteiger partial charge in [-0.05, 0) is 61.3 Å². The van der Waals surface area contributed by atoms with Gasteiger partial charge in [0.1, 0.15) is 0 Å². The van der Waals surface area contributed by atoms with Gasteiger partial charge in [-0.15, -0.1) is 0 Å². The third kappa shape index (κ3) is 2.89. The Kier molecular flexibility index (Phi) is 4.58. The standard InChI is InChI=1S/C26H37N3O2/c1-25-21-14-19(27-18-8-10-28(11-9-18)12-13-31-3)6-7-20(21)23(30)24-26(25,2)22(25)16-29(24)15-17-4-5-17/h6-7,14,17-18,22,24,27H,4-5,8-13,15-16H2,1-3H3. The first-order chi connectivity index (χ1) is 15.0. The van der Waals surface area contributed by atoms with E-state index in [0.29, 0.717) is 17.7 Å². The molecule has 4 atom stereocenters. The van der Waals surface area contributed by atoms with Crippen molar-refractivity contribution in [2.45, 2.75) is 57.0 Å². The lowest BCUT2D eigenvalue weighted by atomic mass is 9.72. The monoisotopic (exact) mass is 423 g/mol. The summed E-state index contributed by atoms with van der Waals surface area (Å²) in [6.07, 6.45) is 5.03. The molecule has 5 aliphatic rings. The molecule has 0 amide bonds. The molecule has 3 aliphatic carbocycles. The molecule has 4 unspecified atom stereocenters. The third-order valence-electron chi connectivity index (χ3n) is 9.66. The Morgan fingerprint density at radius 3 is 2.65 bits per heavy atom. The molecule has 2 heterocycles. The quantitative estimate of drug-likeness (QED) is 0.728. The van der Waals surface area contributed by atoms with Crippen LogP contribution in [0, 0.1) is 17.3 Å². The first kappa shape index (κ1) is 20.2. The van der Waals surface area contributed by atoms with Gasteiger partial charge in [0, 0.05) is 68.0 Å². The Morgan fingerprint density at radius 2 is 1.94 bits per heavy atom. The van der Waals surface area contributed by atoms with E-state index in [9.17, 15) is 4.79 Å². The molecule has 1 aromatic carbocycles. The number of carbonyl (C=O) groups is 1. The average Bonchev–Trinajstić information content (AvgIpc) is 3.63. The zero-order valence-electron chi connectivity index (χ0n) is 19.3. The van der Waals surface area contributed by atoms with Gasteiger partial charge in [0.15, 0.2) is 5.78 Å². The van der Waals surface area contributed by atoms with E-state index in [1.165, 1.54) is 24.1 Å². The fourth-order valence-corrected chi connectivity index (χ4v) is 7.41.